The molecule has 1 fully saturated rings. The van der Waals surface area contributed by atoms with E-state index in [-0.39, 0.29) is 19.0 Å². The third-order valence-corrected chi connectivity index (χ3v) is 3.03. The smallest absolute Gasteiger partial charge is 0.260 e. The molecule has 1 aromatic carbocycles. The van der Waals surface area contributed by atoms with Gasteiger partial charge in [-0.3, -0.25) is 0 Å². The van der Waals surface area contributed by atoms with Crippen molar-refractivity contribution in [1.29, 1.82) is 0 Å². The molecule has 1 N–H and O–H groups in total. The Hall–Kier alpha value is -0.670. The lowest BCUT2D eigenvalue weighted by atomic mass is 9.96. The molecule has 0 aromatic heterocycles. The Morgan fingerprint density at radius 2 is 2.07 bits per heavy atom. The zero-order valence-electron chi connectivity index (χ0n) is 8.14. The second kappa shape index (κ2) is 4.06. The number of hydrogen-bond acceptors (Lipinski definition) is 1. The Morgan fingerprint density at radius 3 is 2.67 bits per heavy atom. The van der Waals surface area contributed by atoms with Gasteiger partial charge in [-0.15, -0.1) is 0 Å². The normalized spacial score (nSPS) is 25.1. The molecule has 1 nitrogen and oxygen atoms in total. The summed E-state index contributed by atoms with van der Waals surface area (Å²) in [4.78, 5) is 0. The molecule has 1 aliphatic rings. The van der Waals surface area contributed by atoms with E-state index in [1.165, 1.54) is 0 Å². The summed E-state index contributed by atoms with van der Waals surface area (Å²) < 4.78 is 25.8. The van der Waals surface area contributed by atoms with Gasteiger partial charge in [-0.25, -0.2) is 8.78 Å². The number of alkyl halides is 2. The lowest BCUT2D eigenvalue weighted by molar-refractivity contribution is -0.0303. The highest BCUT2D eigenvalue weighted by molar-refractivity contribution is 6.31. The van der Waals surface area contributed by atoms with Gasteiger partial charge in [0.1, 0.15) is 0 Å². The highest BCUT2D eigenvalue weighted by Crippen LogP contribution is 2.33. The maximum Gasteiger partial charge on any atom is 0.260 e. The Balaban J connectivity index is 2.11. The van der Waals surface area contributed by atoms with Crippen LogP contribution in [0.25, 0.3) is 0 Å². The van der Waals surface area contributed by atoms with E-state index in [4.69, 9.17) is 11.6 Å². The van der Waals surface area contributed by atoms with E-state index in [9.17, 15) is 8.78 Å². The van der Waals surface area contributed by atoms with Gasteiger partial charge in [0, 0.05) is 17.5 Å². The minimum atomic E-state index is -2.57. The van der Waals surface area contributed by atoms with Crippen LogP contribution < -0.4 is 5.32 Å². The second-order valence-electron chi connectivity index (χ2n) is 3.85. The third-order valence-electron chi connectivity index (χ3n) is 2.69. The van der Waals surface area contributed by atoms with E-state index in [1.54, 1.807) is 6.07 Å². The van der Waals surface area contributed by atoms with E-state index >= 15 is 0 Å². The molecule has 82 valence electrons. The molecular formula is C11H12ClF2N. The van der Waals surface area contributed by atoms with Crippen molar-refractivity contribution in [2.45, 2.75) is 24.8 Å². The van der Waals surface area contributed by atoms with Crippen molar-refractivity contribution in [3.05, 3.63) is 34.9 Å². The van der Waals surface area contributed by atoms with Crippen LogP contribution in [0.3, 0.4) is 0 Å². The zero-order chi connectivity index (χ0) is 10.9. The molecule has 1 saturated heterocycles. The lowest BCUT2D eigenvalue weighted by Crippen LogP contribution is -2.40. The lowest BCUT2D eigenvalue weighted by Gasteiger charge is -2.30. The van der Waals surface area contributed by atoms with E-state index in [0.29, 0.717) is 11.4 Å². The van der Waals surface area contributed by atoms with Crippen LogP contribution in [-0.2, 0) is 0 Å². The summed E-state index contributed by atoms with van der Waals surface area (Å²) in [6.07, 6.45) is 0.354. The van der Waals surface area contributed by atoms with Gasteiger partial charge in [0.15, 0.2) is 0 Å². The number of hydrogen-bond donors (Lipinski definition) is 1. The first-order chi connectivity index (χ1) is 7.08. The quantitative estimate of drug-likeness (QED) is 0.781. The number of rotatable bonds is 1. The predicted octanol–water partition coefficient (Wildman–Crippen LogP) is 3.40. The van der Waals surface area contributed by atoms with Gasteiger partial charge in [-0.2, -0.15) is 0 Å². The van der Waals surface area contributed by atoms with Gasteiger partial charge in [-0.1, -0.05) is 29.8 Å². The fraction of sp³-hybridized carbons (Fsp3) is 0.455. The molecule has 0 spiro atoms. The maximum atomic E-state index is 12.9. The van der Waals surface area contributed by atoms with Crippen molar-refractivity contribution in [2.24, 2.45) is 0 Å². The SMILES string of the molecule is FC1(F)CCC(c2ccccc2Cl)NC1. The third kappa shape index (κ3) is 2.47. The van der Waals surface area contributed by atoms with Crippen molar-refractivity contribution in [3.8, 4) is 0 Å². The fourth-order valence-electron chi connectivity index (χ4n) is 1.84. The van der Waals surface area contributed by atoms with Crippen LogP contribution in [0.2, 0.25) is 5.02 Å². The molecule has 0 radical (unpaired) electrons. The molecule has 15 heavy (non-hydrogen) atoms. The van der Waals surface area contributed by atoms with Crippen molar-refractivity contribution in [3.63, 3.8) is 0 Å². The molecule has 0 bridgehead atoms. The van der Waals surface area contributed by atoms with E-state index < -0.39 is 5.92 Å². The monoisotopic (exact) mass is 231 g/mol. The first kappa shape index (κ1) is 10.8. The first-order valence-electron chi connectivity index (χ1n) is 4.94. The summed E-state index contributed by atoms with van der Waals surface area (Å²) in [5, 5.41) is 3.47. The Bertz CT molecular complexity index is 344. The fourth-order valence-corrected chi connectivity index (χ4v) is 2.11. The largest absolute Gasteiger partial charge is 0.304 e. The highest BCUT2D eigenvalue weighted by Gasteiger charge is 2.35. The standard InChI is InChI=1S/C11H12ClF2N/c12-9-4-2-1-3-8(9)10-5-6-11(13,14)7-15-10/h1-4,10,15H,5-7H2. The maximum absolute atomic E-state index is 12.9. The highest BCUT2D eigenvalue weighted by atomic mass is 35.5. The number of piperidine rings is 1. The molecule has 0 amide bonds. The molecule has 1 aliphatic heterocycles. The Morgan fingerprint density at radius 1 is 1.33 bits per heavy atom. The summed E-state index contributed by atoms with van der Waals surface area (Å²) in [5.41, 5.74) is 0.912. The summed E-state index contributed by atoms with van der Waals surface area (Å²) in [7, 11) is 0. The van der Waals surface area contributed by atoms with Crippen LogP contribution in [-0.4, -0.2) is 12.5 Å². The van der Waals surface area contributed by atoms with Crippen molar-refractivity contribution < 1.29 is 8.78 Å². The molecule has 2 rings (SSSR count). The van der Waals surface area contributed by atoms with Crippen LogP contribution in [0.15, 0.2) is 24.3 Å². The van der Waals surface area contributed by atoms with Gasteiger partial charge in [0.25, 0.3) is 5.92 Å². The average molecular weight is 232 g/mol. The molecule has 0 aliphatic carbocycles. The Labute approximate surface area is 92.4 Å². The van der Waals surface area contributed by atoms with Gasteiger partial charge < -0.3 is 5.32 Å². The summed E-state index contributed by atoms with van der Waals surface area (Å²) in [5.74, 6) is -2.57. The summed E-state index contributed by atoms with van der Waals surface area (Å²) in [6.45, 7) is -0.261. The van der Waals surface area contributed by atoms with E-state index in [1.807, 2.05) is 18.2 Å². The molecule has 4 heteroatoms. The molecular weight excluding hydrogens is 220 g/mol. The number of halogens is 3. The van der Waals surface area contributed by atoms with Crippen molar-refractivity contribution in [2.75, 3.05) is 6.54 Å². The predicted molar refractivity (Wildman–Crippen MR) is 56.4 cm³/mol. The molecule has 1 unspecified atom stereocenters. The van der Waals surface area contributed by atoms with Crippen molar-refractivity contribution in [1.82, 2.24) is 5.32 Å². The van der Waals surface area contributed by atoms with Crippen molar-refractivity contribution >= 4 is 11.6 Å². The first-order valence-corrected chi connectivity index (χ1v) is 5.32. The second-order valence-corrected chi connectivity index (χ2v) is 4.26. The minimum absolute atomic E-state index is 0.0432. The van der Waals surface area contributed by atoms with Gasteiger partial charge >= 0.3 is 0 Å². The minimum Gasteiger partial charge on any atom is -0.304 e. The molecule has 0 saturated carbocycles. The van der Waals surface area contributed by atoms with Crippen LogP contribution in [0.4, 0.5) is 8.78 Å². The summed E-state index contributed by atoms with van der Waals surface area (Å²) in [6, 6.07) is 7.33. The topological polar surface area (TPSA) is 12.0 Å². The van der Waals surface area contributed by atoms with Crippen LogP contribution in [0.5, 0.6) is 0 Å². The van der Waals surface area contributed by atoms with Gasteiger partial charge in [0.05, 0.1) is 6.54 Å². The van der Waals surface area contributed by atoms with Crippen LogP contribution in [0, 0.1) is 0 Å². The van der Waals surface area contributed by atoms with Crippen LogP contribution >= 0.6 is 11.6 Å². The molecule has 1 heterocycles. The zero-order valence-corrected chi connectivity index (χ0v) is 8.90. The summed E-state index contributed by atoms with van der Waals surface area (Å²) >= 11 is 6.00. The molecule has 1 aromatic rings. The van der Waals surface area contributed by atoms with E-state index in [0.717, 1.165) is 5.56 Å². The Kier molecular flexibility index (Phi) is 2.94. The number of nitrogens with one attached hydrogen (secondary N) is 1. The van der Waals surface area contributed by atoms with Crippen LogP contribution in [0.1, 0.15) is 24.4 Å². The average Bonchev–Trinajstić information content (AvgIpc) is 2.19. The van der Waals surface area contributed by atoms with Gasteiger partial charge in [-0.05, 0) is 18.1 Å². The van der Waals surface area contributed by atoms with Gasteiger partial charge in [0.2, 0.25) is 0 Å². The van der Waals surface area contributed by atoms with E-state index in [2.05, 4.69) is 5.32 Å². The molecule has 1 atom stereocenters. The number of benzene rings is 1.